The summed E-state index contributed by atoms with van der Waals surface area (Å²) in [6.07, 6.45) is 5.79. The number of ketones is 1. The second-order valence-electron chi connectivity index (χ2n) is 8.13. The zero-order chi connectivity index (χ0) is 21.3. The molecule has 0 spiro atoms. The molecular formula is C24H26N4O2. The van der Waals surface area contributed by atoms with Crippen molar-refractivity contribution >= 4 is 17.4 Å². The molecule has 3 aromatic rings. The van der Waals surface area contributed by atoms with Gasteiger partial charge in [0.25, 0.3) is 0 Å². The van der Waals surface area contributed by atoms with E-state index in [1.54, 1.807) is 6.20 Å². The number of Topliss-reactive ketones (excluding diaryl/α,β-unsaturated/α-hetero) is 1. The van der Waals surface area contributed by atoms with Crippen LogP contribution in [0.2, 0.25) is 0 Å². The van der Waals surface area contributed by atoms with E-state index in [0.717, 1.165) is 46.6 Å². The molecule has 0 fully saturated rings. The van der Waals surface area contributed by atoms with E-state index in [4.69, 9.17) is 0 Å². The second-order valence-corrected chi connectivity index (χ2v) is 8.13. The Morgan fingerprint density at radius 1 is 1.23 bits per heavy atom. The summed E-state index contributed by atoms with van der Waals surface area (Å²) in [5.41, 5.74) is 6.04. The van der Waals surface area contributed by atoms with Gasteiger partial charge in [-0.2, -0.15) is 0 Å². The van der Waals surface area contributed by atoms with Gasteiger partial charge < -0.3 is 10.4 Å². The van der Waals surface area contributed by atoms with E-state index in [1.807, 2.05) is 44.3 Å². The average Bonchev–Trinajstić information content (AvgIpc) is 3.11. The van der Waals surface area contributed by atoms with Crippen LogP contribution in [0.5, 0.6) is 0 Å². The summed E-state index contributed by atoms with van der Waals surface area (Å²) in [7, 11) is 0. The molecule has 1 aliphatic rings. The lowest BCUT2D eigenvalue weighted by Crippen LogP contribution is -2.23. The largest absolute Gasteiger partial charge is 0.395 e. The molecule has 0 saturated heterocycles. The molecule has 2 N–H and O–H groups in total. The van der Waals surface area contributed by atoms with Crippen LogP contribution in [0.1, 0.15) is 53.9 Å². The molecular weight excluding hydrogens is 376 g/mol. The van der Waals surface area contributed by atoms with Crippen LogP contribution in [-0.4, -0.2) is 32.4 Å². The van der Waals surface area contributed by atoms with Crippen LogP contribution in [0, 0.1) is 6.92 Å². The van der Waals surface area contributed by atoms with Crippen molar-refractivity contribution in [1.82, 2.24) is 15.0 Å². The lowest BCUT2D eigenvalue weighted by molar-refractivity contribution is 0.0988. The molecule has 0 bridgehead atoms. The summed E-state index contributed by atoms with van der Waals surface area (Å²) in [5.74, 6) is 0.561. The quantitative estimate of drug-likeness (QED) is 0.595. The van der Waals surface area contributed by atoms with Crippen LogP contribution in [-0.2, 0) is 11.8 Å². The van der Waals surface area contributed by atoms with Crippen molar-refractivity contribution in [3.63, 3.8) is 0 Å². The molecule has 0 radical (unpaired) electrons. The fourth-order valence-corrected chi connectivity index (χ4v) is 3.88. The molecule has 4 rings (SSSR count). The molecule has 1 aromatic carbocycles. The zero-order valence-electron chi connectivity index (χ0n) is 17.6. The summed E-state index contributed by atoms with van der Waals surface area (Å²) < 4.78 is 0. The monoisotopic (exact) mass is 402 g/mol. The van der Waals surface area contributed by atoms with Crippen molar-refractivity contribution in [2.24, 2.45) is 0 Å². The molecule has 0 aliphatic heterocycles. The van der Waals surface area contributed by atoms with Crippen molar-refractivity contribution in [1.29, 1.82) is 0 Å². The zero-order valence-corrected chi connectivity index (χ0v) is 17.6. The third-order valence-electron chi connectivity index (χ3n) is 5.96. The van der Waals surface area contributed by atoms with Gasteiger partial charge in [0.05, 0.1) is 12.3 Å². The van der Waals surface area contributed by atoms with Crippen molar-refractivity contribution in [3.05, 3.63) is 65.1 Å². The maximum absolute atomic E-state index is 12.1. The molecule has 2 aromatic heterocycles. The Morgan fingerprint density at radius 2 is 2.07 bits per heavy atom. The maximum Gasteiger partial charge on any atom is 0.227 e. The van der Waals surface area contributed by atoms with E-state index in [0.29, 0.717) is 17.9 Å². The standard InChI is InChI=1S/C24H26N4O2/c1-4-22(30)16-6-5-15(2)21(12-16)28-23-25-10-8-19(27-23)17-11-18-20(26-13-17)7-9-24(18,3)14-29/h5-6,8,10-13,29H,4,7,9,14H2,1-3H3,(H,25,27,28). The molecule has 30 heavy (non-hydrogen) atoms. The number of benzene rings is 1. The van der Waals surface area contributed by atoms with Gasteiger partial charge in [0.1, 0.15) is 0 Å². The number of hydrogen-bond donors (Lipinski definition) is 2. The Hall–Kier alpha value is -3.12. The number of nitrogens with one attached hydrogen (secondary N) is 1. The van der Waals surface area contributed by atoms with Gasteiger partial charge in [-0.15, -0.1) is 0 Å². The van der Waals surface area contributed by atoms with E-state index in [9.17, 15) is 9.90 Å². The van der Waals surface area contributed by atoms with Crippen LogP contribution < -0.4 is 5.32 Å². The highest BCUT2D eigenvalue weighted by Gasteiger charge is 2.35. The number of aliphatic hydroxyl groups is 1. The fraction of sp³-hybridized carbons (Fsp3) is 0.333. The summed E-state index contributed by atoms with van der Waals surface area (Å²) >= 11 is 0. The number of carbonyl (C=O) groups excluding carboxylic acids is 1. The Kier molecular flexibility index (Phi) is 5.35. The number of aryl methyl sites for hydroxylation is 2. The number of anilines is 2. The Balaban J connectivity index is 1.65. The first-order valence-corrected chi connectivity index (χ1v) is 10.3. The normalized spacial score (nSPS) is 17.6. The van der Waals surface area contributed by atoms with Crippen LogP contribution in [0.4, 0.5) is 11.6 Å². The summed E-state index contributed by atoms with van der Waals surface area (Å²) in [5, 5.41) is 13.1. The van der Waals surface area contributed by atoms with Gasteiger partial charge in [-0.1, -0.05) is 26.0 Å². The van der Waals surface area contributed by atoms with E-state index >= 15 is 0 Å². The highest BCUT2D eigenvalue weighted by Crippen LogP contribution is 2.39. The average molecular weight is 402 g/mol. The summed E-state index contributed by atoms with van der Waals surface area (Å²) in [6, 6.07) is 9.56. The molecule has 0 amide bonds. The number of aromatic nitrogens is 3. The molecule has 0 saturated carbocycles. The summed E-state index contributed by atoms with van der Waals surface area (Å²) in [4.78, 5) is 25.7. The van der Waals surface area contributed by atoms with Gasteiger partial charge in [-0.05, 0) is 49.1 Å². The van der Waals surface area contributed by atoms with Gasteiger partial charge >= 0.3 is 0 Å². The Morgan fingerprint density at radius 3 is 2.83 bits per heavy atom. The maximum atomic E-state index is 12.1. The van der Waals surface area contributed by atoms with Crippen LogP contribution >= 0.6 is 0 Å². The van der Waals surface area contributed by atoms with Crippen molar-refractivity contribution in [3.8, 4) is 11.3 Å². The Labute approximate surface area is 176 Å². The first-order valence-electron chi connectivity index (χ1n) is 10.3. The summed E-state index contributed by atoms with van der Waals surface area (Å²) in [6.45, 7) is 6.01. The topological polar surface area (TPSA) is 88.0 Å². The third kappa shape index (κ3) is 3.71. The number of rotatable bonds is 6. The van der Waals surface area contributed by atoms with Gasteiger partial charge in [-0.3, -0.25) is 9.78 Å². The minimum atomic E-state index is -0.254. The molecule has 6 nitrogen and oxygen atoms in total. The molecule has 6 heteroatoms. The molecule has 2 heterocycles. The first kappa shape index (κ1) is 20.2. The predicted molar refractivity (Wildman–Crippen MR) is 117 cm³/mol. The minimum absolute atomic E-state index is 0.101. The van der Waals surface area contributed by atoms with Crippen LogP contribution in [0.15, 0.2) is 42.7 Å². The predicted octanol–water partition coefficient (Wildman–Crippen LogP) is 4.38. The number of hydrogen-bond acceptors (Lipinski definition) is 6. The highest BCUT2D eigenvalue weighted by atomic mass is 16.3. The van der Waals surface area contributed by atoms with Crippen LogP contribution in [0.25, 0.3) is 11.3 Å². The van der Waals surface area contributed by atoms with Gasteiger partial charge in [0.2, 0.25) is 5.95 Å². The highest BCUT2D eigenvalue weighted by molar-refractivity contribution is 5.97. The van der Waals surface area contributed by atoms with Crippen molar-refractivity contribution in [2.45, 2.75) is 45.4 Å². The Bertz CT molecular complexity index is 1110. The molecule has 1 aliphatic carbocycles. The number of carbonyl (C=O) groups is 1. The van der Waals surface area contributed by atoms with E-state index in [2.05, 4.69) is 33.3 Å². The van der Waals surface area contributed by atoms with E-state index < -0.39 is 0 Å². The van der Waals surface area contributed by atoms with Crippen molar-refractivity contribution in [2.75, 3.05) is 11.9 Å². The minimum Gasteiger partial charge on any atom is -0.395 e. The third-order valence-corrected chi connectivity index (χ3v) is 5.96. The number of nitrogens with zero attached hydrogens (tertiary/aromatic N) is 3. The number of aliphatic hydroxyl groups excluding tert-OH is 1. The van der Waals surface area contributed by atoms with Crippen LogP contribution in [0.3, 0.4) is 0 Å². The van der Waals surface area contributed by atoms with E-state index in [-0.39, 0.29) is 17.8 Å². The lowest BCUT2D eigenvalue weighted by Gasteiger charge is -2.22. The molecule has 1 unspecified atom stereocenters. The molecule has 154 valence electrons. The van der Waals surface area contributed by atoms with Gasteiger partial charge in [-0.25, -0.2) is 9.97 Å². The fourth-order valence-electron chi connectivity index (χ4n) is 3.88. The van der Waals surface area contributed by atoms with Gasteiger partial charge in [0, 0.05) is 46.7 Å². The molecule has 1 atom stereocenters. The second kappa shape index (κ2) is 7.95. The van der Waals surface area contributed by atoms with Gasteiger partial charge in [0.15, 0.2) is 5.78 Å². The number of fused-ring (bicyclic) bond motifs is 1. The van der Waals surface area contributed by atoms with Crippen molar-refractivity contribution < 1.29 is 9.90 Å². The van der Waals surface area contributed by atoms with E-state index in [1.165, 1.54) is 0 Å². The SMILES string of the molecule is CCC(=O)c1ccc(C)c(Nc2nccc(-c3cnc4c(c3)C(C)(CO)CC4)n2)c1. The number of pyridine rings is 1. The first-order chi connectivity index (χ1) is 14.4. The smallest absolute Gasteiger partial charge is 0.227 e. The lowest BCUT2D eigenvalue weighted by atomic mass is 9.85.